The van der Waals surface area contributed by atoms with Gasteiger partial charge in [0.25, 0.3) is 0 Å². The van der Waals surface area contributed by atoms with Gasteiger partial charge in [0.1, 0.15) is 18.9 Å². The van der Waals surface area contributed by atoms with E-state index in [1.165, 1.54) is 17.5 Å². The van der Waals surface area contributed by atoms with Gasteiger partial charge in [0.2, 0.25) is 5.91 Å². The first-order chi connectivity index (χ1) is 11.5. The maximum atomic E-state index is 12.0. The summed E-state index contributed by atoms with van der Waals surface area (Å²) < 4.78 is 5.80. The molecule has 1 amide bonds. The fourth-order valence-electron chi connectivity index (χ4n) is 2.28. The van der Waals surface area contributed by atoms with Crippen LogP contribution in [0.5, 0.6) is 5.75 Å². The van der Waals surface area contributed by atoms with E-state index in [2.05, 4.69) is 0 Å². The second-order valence-corrected chi connectivity index (χ2v) is 5.68. The molecule has 0 aliphatic rings. The highest BCUT2D eigenvalue weighted by atomic mass is 16.5. The van der Waals surface area contributed by atoms with Crippen LogP contribution in [0.1, 0.15) is 16.7 Å². The highest BCUT2D eigenvalue weighted by molar-refractivity contribution is 5.82. The van der Waals surface area contributed by atoms with Gasteiger partial charge in [-0.3, -0.25) is 9.59 Å². The van der Waals surface area contributed by atoms with E-state index >= 15 is 0 Å². The molecule has 0 spiro atoms. The minimum Gasteiger partial charge on any atom is -0.489 e. The van der Waals surface area contributed by atoms with Crippen LogP contribution in [0.2, 0.25) is 0 Å². The van der Waals surface area contributed by atoms with Crippen molar-refractivity contribution in [3.05, 3.63) is 65.2 Å². The topological polar surface area (TPSA) is 66.8 Å². The lowest BCUT2D eigenvalue weighted by Gasteiger charge is -2.15. The molecule has 0 radical (unpaired) electrons. The normalized spacial score (nSPS) is 10.2. The molecule has 24 heavy (non-hydrogen) atoms. The summed E-state index contributed by atoms with van der Waals surface area (Å²) in [7, 11) is 1.48. The van der Waals surface area contributed by atoms with Gasteiger partial charge in [-0.2, -0.15) is 0 Å². The van der Waals surface area contributed by atoms with Gasteiger partial charge in [0.15, 0.2) is 0 Å². The summed E-state index contributed by atoms with van der Waals surface area (Å²) in [5.74, 6) is -0.584. The van der Waals surface area contributed by atoms with Gasteiger partial charge in [0, 0.05) is 7.05 Å². The van der Waals surface area contributed by atoms with Crippen molar-refractivity contribution in [3.8, 4) is 5.75 Å². The minimum atomic E-state index is -1.03. The highest BCUT2D eigenvalue weighted by Crippen LogP contribution is 2.17. The molecule has 0 unspecified atom stereocenters. The summed E-state index contributed by atoms with van der Waals surface area (Å²) in [5, 5.41) is 8.73. The van der Waals surface area contributed by atoms with Gasteiger partial charge in [-0.05, 0) is 35.7 Å². The van der Waals surface area contributed by atoms with E-state index in [1.807, 2.05) is 55.5 Å². The van der Waals surface area contributed by atoms with E-state index < -0.39 is 5.97 Å². The van der Waals surface area contributed by atoms with Gasteiger partial charge < -0.3 is 14.7 Å². The molecular weight excluding hydrogens is 306 g/mol. The van der Waals surface area contributed by atoms with Gasteiger partial charge in [-0.1, -0.05) is 36.4 Å². The summed E-state index contributed by atoms with van der Waals surface area (Å²) in [6, 6.07) is 15.3. The smallest absolute Gasteiger partial charge is 0.323 e. The SMILES string of the molecule is Cc1ccccc1COc1cccc(CC(=O)N(C)CC(=O)O)c1. The van der Waals surface area contributed by atoms with E-state index in [9.17, 15) is 9.59 Å². The number of carboxylic acids is 1. The van der Waals surface area contributed by atoms with E-state index in [1.54, 1.807) is 0 Å². The van der Waals surface area contributed by atoms with Crippen molar-refractivity contribution in [2.24, 2.45) is 0 Å². The molecule has 0 saturated carbocycles. The molecule has 0 atom stereocenters. The second kappa shape index (κ2) is 8.15. The first-order valence-electron chi connectivity index (χ1n) is 7.67. The Morgan fingerprint density at radius 1 is 1.12 bits per heavy atom. The summed E-state index contributed by atoms with van der Waals surface area (Å²) in [5.41, 5.74) is 3.07. The standard InChI is InChI=1S/C19H21NO4/c1-14-6-3-4-8-16(14)13-24-17-9-5-7-15(10-17)11-18(21)20(2)12-19(22)23/h3-10H,11-13H2,1-2H3,(H,22,23). The number of hydrogen-bond acceptors (Lipinski definition) is 3. The van der Waals surface area contributed by atoms with Crippen LogP contribution in [-0.2, 0) is 22.6 Å². The maximum Gasteiger partial charge on any atom is 0.323 e. The number of amides is 1. The molecule has 0 bridgehead atoms. The Bertz CT molecular complexity index is 727. The molecule has 0 aliphatic heterocycles. The lowest BCUT2D eigenvalue weighted by molar-refractivity contribution is -0.143. The number of nitrogens with zero attached hydrogens (tertiary/aromatic N) is 1. The van der Waals surface area contributed by atoms with Crippen molar-refractivity contribution in [2.75, 3.05) is 13.6 Å². The fourth-order valence-corrected chi connectivity index (χ4v) is 2.28. The van der Waals surface area contributed by atoms with Gasteiger partial charge in [0.05, 0.1) is 6.42 Å². The number of rotatable bonds is 7. The van der Waals surface area contributed by atoms with Gasteiger partial charge in [-0.15, -0.1) is 0 Å². The zero-order chi connectivity index (χ0) is 17.5. The third-order valence-corrected chi connectivity index (χ3v) is 3.71. The lowest BCUT2D eigenvalue weighted by Crippen LogP contribution is -2.33. The maximum absolute atomic E-state index is 12.0. The molecule has 5 nitrogen and oxygen atoms in total. The average Bonchev–Trinajstić information content (AvgIpc) is 2.54. The summed E-state index contributed by atoms with van der Waals surface area (Å²) in [6.45, 7) is 2.19. The first-order valence-corrected chi connectivity index (χ1v) is 7.67. The minimum absolute atomic E-state index is 0.144. The van der Waals surface area contributed by atoms with Crippen LogP contribution in [0.3, 0.4) is 0 Å². The third kappa shape index (κ3) is 5.12. The summed E-state index contributed by atoms with van der Waals surface area (Å²) in [6.07, 6.45) is 0.144. The third-order valence-electron chi connectivity index (χ3n) is 3.71. The van der Waals surface area contributed by atoms with Crippen molar-refractivity contribution in [2.45, 2.75) is 20.0 Å². The van der Waals surface area contributed by atoms with Crippen molar-refractivity contribution in [3.63, 3.8) is 0 Å². The molecule has 2 aromatic rings. The Morgan fingerprint density at radius 2 is 1.88 bits per heavy atom. The molecule has 0 aromatic heterocycles. The number of likely N-dealkylation sites (N-methyl/N-ethyl adjacent to an activating group) is 1. The number of hydrogen-bond donors (Lipinski definition) is 1. The first kappa shape index (κ1) is 17.5. The van der Waals surface area contributed by atoms with Crippen LogP contribution in [0.25, 0.3) is 0 Å². The summed E-state index contributed by atoms with van der Waals surface area (Å²) >= 11 is 0. The van der Waals surface area contributed by atoms with E-state index in [0.717, 1.165) is 11.1 Å². The number of aryl methyl sites for hydroxylation is 1. The average molecular weight is 327 g/mol. The Morgan fingerprint density at radius 3 is 2.58 bits per heavy atom. The Hall–Kier alpha value is -2.82. The zero-order valence-corrected chi connectivity index (χ0v) is 13.9. The largest absolute Gasteiger partial charge is 0.489 e. The number of ether oxygens (including phenoxy) is 1. The Balaban J connectivity index is 1.97. The summed E-state index contributed by atoms with van der Waals surface area (Å²) in [4.78, 5) is 23.9. The number of carboxylic acid groups (broad SMARTS) is 1. The number of benzene rings is 2. The molecule has 1 N–H and O–H groups in total. The molecule has 126 valence electrons. The second-order valence-electron chi connectivity index (χ2n) is 5.68. The molecule has 0 heterocycles. The van der Waals surface area contributed by atoms with Gasteiger partial charge >= 0.3 is 5.97 Å². The van der Waals surface area contributed by atoms with Crippen molar-refractivity contribution < 1.29 is 19.4 Å². The van der Waals surface area contributed by atoms with Crippen molar-refractivity contribution >= 4 is 11.9 Å². The zero-order valence-electron chi connectivity index (χ0n) is 13.9. The molecule has 2 aromatic carbocycles. The van der Waals surface area contributed by atoms with E-state index in [-0.39, 0.29) is 18.9 Å². The molecule has 0 saturated heterocycles. The predicted octanol–water partition coefficient (Wildman–Crippen LogP) is 2.66. The Labute approximate surface area is 141 Å². The van der Waals surface area contributed by atoms with Crippen molar-refractivity contribution in [1.29, 1.82) is 0 Å². The van der Waals surface area contributed by atoms with Crippen LogP contribution in [-0.4, -0.2) is 35.5 Å². The lowest BCUT2D eigenvalue weighted by atomic mass is 10.1. The molecule has 5 heteroatoms. The number of aliphatic carboxylic acids is 1. The van der Waals surface area contributed by atoms with Crippen LogP contribution in [0.15, 0.2) is 48.5 Å². The number of carbonyl (C=O) groups excluding carboxylic acids is 1. The fraction of sp³-hybridized carbons (Fsp3) is 0.263. The predicted molar refractivity (Wildman–Crippen MR) is 90.9 cm³/mol. The van der Waals surface area contributed by atoms with Crippen LogP contribution in [0, 0.1) is 6.92 Å². The van der Waals surface area contributed by atoms with Crippen molar-refractivity contribution in [1.82, 2.24) is 4.90 Å². The monoisotopic (exact) mass is 327 g/mol. The number of carbonyl (C=O) groups is 2. The van der Waals surface area contributed by atoms with Crippen LogP contribution < -0.4 is 4.74 Å². The molecular formula is C19H21NO4. The quantitative estimate of drug-likeness (QED) is 0.849. The van der Waals surface area contributed by atoms with Crippen LogP contribution in [0.4, 0.5) is 0 Å². The van der Waals surface area contributed by atoms with E-state index in [4.69, 9.17) is 9.84 Å². The Kier molecular flexibility index (Phi) is 5.95. The van der Waals surface area contributed by atoms with E-state index in [0.29, 0.717) is 12.4 Å². The van der Waals surface area contributed by atoms with Crippen LogP contribution >= 0.6 is 0 Å². The van der Waals surface area contributed by atoms with Gasteiger partial charge in [-0.25, -0.2) is 0 Å². The highest BCUT2D eigenvalue weighted by Gasteiger charge is 2.13. The molecule has 0 fully saturated rings. The molecule has 2 rings (SSSR count). The molecule has 0 aliphatic carbocycles.